The first kappa shape index (κ1) is 14.0. The topological polar surface area (TPSA) is 112 Å². The summed E-state index contributed by atoms with van der Waals surface area (Å²) in [6, 6.07) is 0.131. The minimum atomic E-state index is -3.85. The van der Waals surface area contributed by atoms with Crippen LogP contribution in [-0.2, 0) is 14.8 Å². The second kappa shape index (κ2) is 6.03. The maximum absolute atomic E-state index is 11.7. The van der Waals surface area contributed by atoms with E-state index in [1.54, 1.807) is 0 Å². The van der Waals surface area contributed by atoms with Crippen molar-refractivity contribution in [2.75, 3.05) is 12.0 Å². The van der Waals surface area contributed by atoms with Crippen LogP contribution in [0.3, 0.4) is 0 Å². The van der Waals surface area contributed by atoms with E-state index in [9.17, 15) is 13.2 Å². The minimum absolute atomic E-state index is 0.145. The molecule has 0 saturated heterocycles. The number of hydrogen-bond acceptors (Lipinski definition) is 5. The quantitative estimate of drug-likeness (QED) is 0.642. The van der Waals surface area contributed by atoms with Crippen LogP contribution in [0.5, 0.6) is 0 Å². The molecule has 0 aliphatic rings. The van der Waals surface area contributed by atoms with Gasteiger partial charge < -0.3 is 5.11 Å². The minimum Gasteiger partial charge on any atom is -0.480 e. The lowest BCUT2D eigenvalue weighted by Crippen LogP contribution is -2.41. The Hall–Kier alpha value is -1.06. The molecule has 0 spiro atoms. The first-order chi connectivity index (χ1) is 7.97. The van der Waals surface area contributed by atoms with Gasteiger partial charge in [-0.15, -0.1) is 0 Å². The molecular formula is C8H13N3O4S2. The van der Waals surface area contributed by atoms with E-state index in [1.807, 2.05) is 6.26 Å². The van der Waals surface area contributed by atoms with Crippen molar-refractivity contribution < 1.29 is 18.3 Å². The summed E-state index contributed by atoms with van der Waals surface area (Å²) >= 11 is 1.45. The number of carbonyl (C=O) groups is 1. The molecule has 17 heavy (non-hydrogen) atoms. The number of aliphatic carboxylic acids is 1. The lowest BCUT2D eigenvalue weighted by atomic mass is 10.2. The van der Waals surface area contributed by atoms with Gasteiger partial charge in [-0.25, -0.2) is 8.42 Å². The van der Waals surface area contributed by atoms with Gasteiger partial charge in [0.2, 0.25) is 0 Å². The summed E-state index contributed by atoms with van der Waals surface area (Å²) in [4.78, 5) is 10.9. The standard InChI is InChI=1S/C8H13N3O4S2/c1-16-5-3-6(8(12)13)11-17(14,15)7-2-4-9-10-7/h2,4,6,11H,3,5H2,1H3,(H,9,10)(H,12,13). The van der Waals surface area contributed by atoms with Gasteiger partial charge in [-0.2, -0.15) is 21.6 Å². The lowest BCUT2D eigenvalue weighted by Gasteiger charge is -2.13. The summed E-state index contributed by atoms with van der Waals surface area (Å²) in [6.07, 6.45) is 3.33. The van der Waals surface area contributed by atoms with Crippen LogP contribution in [0.1, 0.15) is 6.42 Å². The largest absolute Gasteiger partial charge is 0.480 e. The van der Waals surface area contributed by atoms with Crippen molar-refractivity contribution in [2.24, 2.45) is 0 Å². The Bertz CT molecular complexity index is 457. The highest BCUT2D eigenvalue weighted by atomic mass is 32.2. The molecule has 0 saturated carbocycles. The molecule has 9 heteroatoms. The maximum atomic E-state index is 11.7. The first-order valence-electron chi connectivity index (χ1n) is 4.71. The number of H-pyrrole nitrogens is 1. The number of carboxylic acid groups (broad SMARTS) is 1. The Morgan fingerprint density at radius 1 is 1.71 bits per heavy atom. The molecule has 1 aromatic heterocycles. The van der Waals surface area contributed by atoms with Crippen LogP contribution in [-0.4, -0.2) is 47.7 Å². The zero-order valence-electron chi connectivity index (χ0n) is 9.08. The molecule has 1 atom stereocenters. The van der Waals surface area contributed by atoms with Crippen molar-refractivity contribution in [3.05, 3.63) is 12.3 Å². The highest BCUT2D eigenvalue weighted by Crippen LogP contribution is 2.07. The second-order valence-electron chi connectivity index (χ2n) is 3.21. The Labute approximate surface area is 103 Å². The van der Waals surface area contributed by atoms with Crippen molar-refractivity contribution in [2.45, 2.75) is 17.5 Å². The number of aromatic nitrogens is 2. The van der Waals surface area contributed by atoms with Gasteiger partial charge in [0, 0.05) is 0 Å². The zero-order chi connectivity index (χ0) is 12.9. The van der Waals surface area contributed by atoms with Crippen LogP contribution >= 0.6 is 11.8 Å². The zero-order valence-corrected chi connectivity index (χ0v) is 10.7. The lowest BCUT2D eigenvalue weighted by molar-refractivity contribution is -0.139. The number of thioether (sulfide) groups is 1. The van der Waals surface area contributed by atoms with Crippen LogP contribution in [0.15, 0.2) is 17.3 Å². The SMILES string of the molecule is CSCCC(NS(=O)(=O)c1ccn[nH]1)C(=O)O. The van der Waals surface area contributed by atoms with E-state index in [-0.39, 0.29) is 11.4 Å². The number of carboxylic acids is 1. The van der Waals surface area contributed by atoms with Crippen LogP contribution in [0, 0.1) is 0 Å². The molecule has 0 radical (unpaired) electrons. The van der Waals surface area contributed by atoms with Crippen molar-refractivity contribution >= 4 is 27.8 Å². The van der Waals surface area contributed by atoms with Crippen molar-refractivity contribution in [3.8, 4) is 0 Å². The fraction of sp³-hybridized carbons (Fsp3) is 0.500. The molecule has 96 valence electrons. The van der Waals surface area contributed by atoms with Crippen LogP contribution in [0.25, 0.3) is 0 Å². The van der Waals surface area contributed by atoms with Crippen molar-refractivity contribution in [1.29, 1.82) is 0 Å². The van der Waals surface area contributed by atoms with Gasteiger partial charge in [0.15, 0.2) is 5.03 Å². The Kier molecular flexibility index (Phi) is 4.97. The van der Waals surface area contributed by atoms with Gasteiger partial charge in [0.25, 0.3) is 10.0 Å². The molecular weight excluding hydrogens is 266 g/mol. The average molecular weight is 279 g/mol. The summed E-state index contributed by atoms with van der Waals surface area (Å²) in [6.45, 7) is 0. The predicted molar refractivity (Wildman–Crippen MR) is 63.3 cm³/mol. The third-order valence-corrected chi connectivity index (χ3v) is 4.02. The molecule has 1 aromatic rings. The van der Waals surface area contributed by atoms with Crippen LogP contribution in [0.2, 0.25) is 0 Å². The van der Waals surface area contributed by atoms with E-state index in [2.05, 4.69) is 14.9 Å². The number of rotatable bonds is 7. The number of nitrogens with one attached hydrogen (secondary N) is 2. The van der Waals surface area contributed by atoms with Crippen molar-refractivity contribution in [1.82, 2.24) is 14.9 Å². The summed E-state index contributed by atoms with van der Waals surface area (Å²) < 4.78 is 25.6. The smallest absolute Gasteiger partial charge is 0.321 e. The Morgan fingerprint density at radius 2 is 2.41 bits per heavy atom. The molecule has 0 amide bonds. The van der Waals surface area contributed by atoms with E-state index in [4.69, 9.17) is 5.11 Å². The fourth-order valence-corrected chi connectivity index (χ4v) is 2.72. The number of sulfonamides is 1. The molecule has 0 aromatic carbocycles. The molecule has 1 unspecified atom stereocenters. The molecule has 0 bridgehead atoms. The van der Waals surface area contributed by atoms with Gasteiger partial charge >= 0.3 is 5.97 Å². The summed E-state index contributed by atoms with van der Waals surface area (Å²) in [5.74, 6) is -0.634. The number of aromatic amines is 1. The van der Waals surface area contributed by atoms with Gasteiger partial charge in [-0.1, -0.05) is 0 Å². The van der Waals surface area contributed by atoms with E-state index in [0.717, 1.165) is 0 Å². The van der Waals surface area contributed by atoms with Gasteiger partial charge in [-0.05, 0) is 24.5 Å². The monoisotopic (exact) mass is 279 g/mol. The third kappa shape index (κ3) is 4.02. The molecule has 1 heterocycles. The van der Waals surface area contributed by atoms with Gasteiger partial charge in [0.05, 0.1) is 6.20 Å². The summed E-state index contributed by atoms with van der Waals surface area (Å²) in [7, 11) is -3.85. The Balaban J connectivity index is 2.76. The van der Waals surface area contributed by atoms with E-state index in [0.29, 0.717) is 5.75 Å². The molecule has 0 aliphatic carbocycles. The average Bonchev–Trinajstić information content (AvgIpc) is 2.77. The van der Waals surface area contributed by atoms with Crippen LogP contribution < -0.4 is 4.72 Å². The predicted octanol–water partition coefficient (Wildman–Crippen LogP) is -0.106. The third-order valence-electron chi connectivity index (χ3n) is 1.97. The van der Waals surface area contributed by atoms with E-state index in [1.165, 1.54) is 24.0 Å². The molecule has 3 N–H and O–H groups in total. The second-order valence-corrected chi connectivity index (χ2v) is 5.88. The Morgan fingerprint density at radius 3 is 2.88 bits per heavy atom. The molecule has 0 aliphatic heterocycles. The molecule has 1 rings (SSSR count). The normalized spacial score (nSPS) is 13.5. The number of nitrogens with zero attached hydrogens (tertiary/aromatic N) is 1. The van der Waals surface area contributed by atoms with E-state index < -0.39 is 22.0 Å². The summed E-state index contributed by atoms with van der Waals surface area (Å²) in [5.41, 5.74) is 0. The fourth-order valence-electron chi connectivity index (χ4n) is 1.11. The van der Waals surface area contributed by atoms with Crippen LogP contribution in [0.4, 0.5) is 0 Å². The highest BCUT2D eigenvalue weighted by molar-refractivity contribution is 7.98. The van der Waals surface area contributed by atoms with Crippen molar-refractivity contribution in [3.63, 3.8) is 0 Å². The summed E-state index contributed by atoms with van der Waals surface area (Å²) in [5, 5.41) is 14.5. The molecule has 0 fully saturated rings. The highest BCUT2D eigenvalue weighted by Gasteiger charge is 2.25. The van der Waals surface area contributed by atoms with E-state index >= 15 is 0 Å². The molecule has 7 nitrogen and oxygen atoms in total. The van der Waals surface area contributed by atoms with Gasteiger partial charge in [-0.3, -0.25) is 9.89 Å². The number of hydrogen-bond donors (Lipinski definition) is 3. The first-order valence-corrected chi connectivity index (χ1v) is 7.58. The maximum Gasteiger partial charge on any atom is 0.321 e. The van der Waals surface area contributed by atoms with Gasteiger partial charge in [0.1, 0.15) is 6.04 Å².